The Kier molecular flexibility index (Phi) is 3.36. The molecule has 1 aromatic heterocycles. The quantitative estimate of drug-likeness (QED) is 0.784. The van der Waals surface area contributed by atoms with Gasteiger partial charge < -0.3 is 10.1 Å². The second-order valence-electron chi connectivity index (χ2n) is 5.43. The molecule has 118 valence electrons. The molecule has 0 spiro atoms. The van der Waals surface area contributed by atoms with Crippen LogP contribution in [0.4, 0.5) is 0 Å². The van der Waals surface area contributed by atoms with E-state index in [0.717, 1.165) is 23.2 Å². The topological polar surface area (TPSA) is 60.3 Å². The summed E-state index contributed by atoms with van der Waals surface area (Å²) in [7, 11) is -3.60. The maximum atomic E-state index is 12.9. The Morgan fingerprint density at radius 1 is 1.04 bits per heavy atom. The third kappa shape index (κ3) is 2.31. The molecule has 0 saturated heterocycles. The van der Waals surface area contributed by atoms with Crippen LogP contribution in [0.3, 0.4) is 0 Å². The van der Waals surface area contributed by atoms with Gasteiger partial charge in [-0.25, -0.2) is 12.4 Å². The molecular formula is C17H16N2O3S. The van der Waals surface area contributed by atoms with E-state index in [2.05, 4.69) is 5.32 Å². The van der Waals surface area contributed by atoms with Crippen LogP contribution in [0.25, 0.3) is 10.9 Å². The molecule has 0 radical (unpaired) electrons. The predicted octanol–water partition coefficient (Wildman–Crippen LogP) is 2.36. The molecule has 6 heteroatoms. The molecule has 0 atom stereocenters. The Hall–Kier alpha value is -2.31. The number of nitrogens with zero attached hydrogens (tertiary/aromatic N) is 1. The summed E-state index contributed by atoms with van der Waals surface area (Å²) in [5.74, 6) is 0.817. The molecule has 0 saturated carbocycles. The first kappa shape index (κ1) is 14.3. The zero-order valence-corrected chi connectivity index (χ0v) is 13.2. The largest absolute Gasteiger partial charge is 0.492 e. The zero-order chi connectivity index (χ0) is 15.9. The zero-order valence-electron chi connectivity index (χ0n) is 12.4. The van der Waals surface area contributed by atoms with Gasteiger partial charge in [0.25, 0.3) is 10.0 Å². The van der Waals surface area contributed by atoms with Crippen LogP contribution in [0, 0.1) is 0 Å². The summed E-state index contributed by atoms with van der Waals surface area (Å²) in [5.41, 5.74) is 1.67. The predicted molar refractivity (Wildman–Crippen MR) is 88.2 cm³/mol. The fourth-order valence-electron chi connectivity index (χ4n) is 2.91. The lowest BCUT2D eigenvalue weighted by Gasteiger charge is -2.10. The molecular weight excluding hydrogens is 312 g/mol. The number of fused-ring (bicyclic) bond motifs is 3. The standard InChI is InChI=1S/C17H16N2O3S/c20-23(21,13-4-2-1-3-5-13)19-10-8-14-15-12-18-9-11-22-17(15)7-6-16(14)19/h1-8,10,18H,9,11-12H2. The molecule has 5 nitrogen and oxygen atoms in total. The van der Waals surface area contributed by atoms with Crippen LogP contribution in [0.1, 0.15) is 5.56 Å². The van der Waals surface area contributed by atoms with Crippen LogP contribution in [0.15, 0.2) is 59.6 Å². The molecule has 3 aromatic rings. The monoisotopic (exact) mass is 328 g/mol. The van der Waals surface area contributed by atoms with Gasteiger partial charge in [-0.1, -0.05) is 18.2 Å². The Balaban J connectivity index is 1.92. The SMILES string of the molecule is O=S(=O)(c1ccccc1)n1ccc2c3c(ccc21)OCCNC3. The summed E-state index contributed by atoms with van der Waals surface area (Å²) in [6.07, 6.45) is 1.61. The summed E-state index contributed by atoms with van der Waals surface area (Å²) in [4.78, 5) is 0.279. The number of rotatable bonds is 2. The van der Waals surface area contributed by atoms with E-state index in [1.54, 1.807) is 42.6 Å². The summed E-state index contributed by atoms with van der Waals surface area (Å²) >= 11 is 0. The minimum atomic E-state index is -3.60. The van der Waals surface area contributed by atoms with Gasteiger partial charge in [0.05, 0.1) is 10.4 Å². The van der Waals surface area contributed by atoms with Crippen molar-refractivity contribution in [2.45, 2.75) is 11.4 Å². The van der Waals surface area contributed by atoms with E-state index in [4.69, 9.17) is 4.74 Å². The Labute approximate surface area is 134 Å². The summed E-state index contributed by atoms with van der Waals surface area (Å²) in [5, 5.41) is 4.19. The van der Waals surface area contributed by atoms with Gasteiger partial charge in [-0.2, -0.15) is 0 Å². The highest BCUT2D eigenvalue weighted by Crippen LogP contribution is 2.31. The highest BCUT2D eigenvalue weighted by Gasteiger charge is 2.21. The molecule has 0 aliphatic carbocycles. The number of nitrogens with one attached hydrogen (secondary N) is 1. The fraction of sp³-hybridized carbons (Fsp3) is 0.176. The Morgan fingerprint density at radius 3 is 2.70 bits per heavy atom. The molecule has 4 rings (SSSR count). The van der Waals surface area contributed by atoms with Crippen molar-refractivity contribution in [3.63, 3.8) is 0 Å². The maximum Gasteiger partial charge on any atom is 0.268 e. The van der Waals surface area contributed by atoms with Crippen molar-refractivity contribution in [2.75, 3.05) is 13.2 Å². The van der Waals surface area contributed by atoms with Crippen LogP contribution in [-0.2, 0) is 16.6 Å². The minimum absolute atomic E-state index is 0.279. The lowest BCUT2D eigenvalue weighted by atomic mass is 10.1. The molecule has 2 heterocycles. The van der Waals surface area contributed by atoms with Gasteiger partial charge in [0.15, 0.2) is 0 Å². The first-order valence-corrected chi connectivity index (χ1v) is 8.89. The molecule has 0 bridgehead atoms. The van der Waals surface area contributed by atoms with Gasteiger partial charge in [0.2, 0.25) is 0 Å². The van der Waals surface area contributed by atoms with Crippen molar-refractivity contribution < 1.29 is 13.2 Å². The Morgan fingerprint density at radius 2 is 1.87 bits per heavy atom. The molecule has 1 aliphatic rings. The molecule has 2 aromatic carbocycles. The van der Waals surface area contributed by atoms with E-state index in [0.29, 0.717) is 18.7 Å². The van der Waals surface area contributed by atoms with Crippen LogP contribution in [0.5, 0.6) is 5.75 Å². The fourth-order valence-corrected chi connectivity index (χ4v) is 4.28. The van der Waals surface area contributed by atoms with Crippen molar-refractivity contribution >= 4 is 20.9 Å². The average molecular weight is 328 g/mol. The third-order valence-electron chi connectivity index (χ3n) is 4.04. The van der Waals surface area contributed by atoms with E-state index in [1.807, 2.05) is 12.1 Å². The van der Waals surface area contributed by atoms with E-state index < -0.39 is 10.0 Å². The van der Waals surface area contributed by atoms with E-state index in [1.165, 1.54) is 3.97 Å². The summed E-state index contributed by atoms with van der Waals surface area (Å²) in [6.45, 7) is 2.06. The van der Waals surface area contributed by atoms with Crippen LogP contribution in [-0.4, -0.2) is 25.5 Å². The van der Waals surface area contributed by atoms with E-state index in [9.17, 15) is 8.42 Å². The molecule has 0 unspecified atom stereocenters. The number of ether oxygens (including phenoxy) is 1. The highest BCUT2D eigenvalue weighted by atomic mass is 32.2. The van der Waals surface area contributed by atoms with Crippen LogP contribution < -0.4 is 10.1 Å². The second kappa shape index (κ2) is 5.40. The smallest absolute Gasteiger partial charge is 0.268 e. The summed E-state index contributed by atoms with van der Waals surface area (Å²) < 4.78 is 32.8. The minimum Gasteiger partial charge on any atom is -0.492 e. The number of aromatic nitrogens is 1. The number of benzene rings is 2. The van der Waals surface area contributed by atoms with Gasteiger partial charge in [-0.05, 0) is 30.3 Å². The molecule has 0 fully saturated rings. The average Bonchev–Trinajstić information content (AvgIpc) is 2.87. The first-order chi connectivity index (χ1) is 11.2. The van der Waals surface area contributed by atoms with Crippen molar-refractivity contribution in [1.29, 1.82) is 0 Å². The van der Waals surface area contributed by atoms with Crippen molar-refractivity contribution in [3.8, 4) is 5.75 Å². The Bertz CT molecular complexity index is 962. The first-order valence-electron chi connectivity index (χ1n) is 7.45. The molecule has 1 aliphatic heterocycles. The van der Waals surface area contributed by atoms with Crippen molar-refractivity contribution in [2.24, 2.45) is 0 Å². The number of hydrogen-bond donors (Lipinski definition) is 1. The van der Waals surface area contributed by atoms with Crippen molar-refractivity contribution in [1.82, 2.24) is 9.29 Å². The van der Waals surface area contributed by atoms with E-state index in [-0.39, 0.29) is 4.90 Å². The lowest BCUT2D eigenvalue weighted by molar-refractivity contribution is 0.326. The maximum absolute atomic E-state index is 12.9. The normalized spacial score (nSPS) is 15.0. The third-order valence-corrected chi connectivity index (χ3v) is 5.75. The van der Waals surface area contributed by atoms with E-state index >= 15 is 0 Å². The van der Waals surface area contributed by atoms with Gasteiger partial charge >= 0.3 is 0 Å². The summed E-state index contributed by atoms with van der Waals surface area (Å²) in [6, 6.07) is 14.0. The van der Waals surface area contributed by atoms with Gasteiger partial charge in [-0.3, -0.25) is 0 Å². The van der Waals surface area contributed by atoms with Crippen LogP contribution in [0.2, 0.25) is 0 Å². The van der Waals surface area contributed by atoms with Gasteiger partial charge in [0.1, 0.15) is 12.4 Å². The number of hydrogen-bond acceptors (Lipinski definition) is 4. The lowest BCUT2D eigenvalue weighted by Crippen LogP contribution is -2.16. The van der Waals surface area contributed by atoms with Crippen LogP contribution >= 0.6 is 0 Å². The van der Waals surface area contributed by atoms with Crippen molar-refractivity contribution in [3.05, 3.63) is 60.3 Å². The second-order valence-corrected chi connectivity index (χ2v) is 7.24. The van der Waals surface area contributed by atoms with Gasteiger partial charge in [0, 0.05) is 30.2 Å². The van der Waals surface area contributed by atoms with Gasteiger partial charge in [-0.15, -0.1) is 0 Å². The highest BCUT2D eigenvalue weighted by molar-refractivity contribution is 7.90. The molecule has 23 heavy (non-hydrogen) atoms. The molecule has 1 N–H and O–H groups in total. The molecule has 0 amide bonds.